The molecular weight excluding hydrogens is 346 g/mol. The maximum Gasteiger partial charge on any atom is 0.164 e. The number of hydrogen-bond acceptors (Lipinski definition) is 3. The zero-order valence-electron chi connectivity index (χ0n) is 10.9. The lowest BCUT2D eigenvalue weighted by Crippen LogP contribution is -1.78. The summed E-state index contributed by atoms with van der Waals surface area (Å²) in [7, 11) is 0. The van der Waals surface area contributed by atoms with E-state index in [2.05, 4.69) is 33.4 Å². The Labute approximate surface area is 134 Å². The van der Waals surface area contributed by atoms with Crippen LogP contribution in [0.2, 0.25) is 0 Å². The molecule has 0 unspecified atom stereocenters. The van der Waals surface area contributed by atoms with Crippen LogP contribution in [0.25, 0.3) is 33.0 Å². The van der Waals surface area contributed by atoms with Gasteiger partial charge in [-0.3, -0.25) is 0 Å². The number of thiazole rings is 1. The van der Waals surface area contributed by atoms with Crippen LogP contribution in [-0.4, -0.2) is 4.98 Å². The van der Waals surface area contributed by atoms with E-state index >= 15 is 0 Å². The Morgan fingerprint density at radius 2 is 1.90 bits per heavy atom. The second-order valence-corrected chi connectivity index (χ2v) is 6.47. The summed E-state index contributed by atoms with van der Waals surface area (Å²) in [6, 6.07) is 18.2. The van der Waals surface area contributed by atoms with E-state index in [1.807, 2.05) is 42.5 Å². The molecule has 0 aliphatic carbocycles. The van der Waals surface area contributed by atoms with Crippen LogP contribution in [0.5, 0.6) is 0 Å². The zero-order chi connectivity index (χ0) is 14.2. The fourth-order valence-corrected chi connectivity index (χ4v) is 3.43. The molecular formula is C17H10BrNOS. The third-order valence-electron chi connectivity index (χ3n) is 3.26. The van der Waals surface area contributed by atoms with E-state index in [0.29, 0.717) is 0 Å². The van der Waals surface area contributed by atoms with Crippen molar-refractivity contribution in [3.8, 4) is 22.0 Å². The van der Waals surface area contributed by atoms with Crippen molar-refractivity contribution in [1.29, 1.82) is 0 Å². The van der Waals surface area contributed by atoms with Crippen LogP contribution in [0.1, 0.15) is 0 Å². The highest BCUT2D eigenvalue weighted by Gasteiger charge is 2.11. The maximum absolute atomic E-state index is 5.87. The molecule has 0 radical (unpaired) electrons. The first-order valence-corrected chi connectivity index (χ1v) is 8.17. The minimum atomic E-state index is 0.822. The fraction of sp³-hybridized carbons (Fsp3) is 0. The van der Waals surface area contributed by atoms with Crippen LogP contribution in [0.3, 0.4) is 0 Å². The van der Waals surface area contributed by atoms with E-state index in [-0.39, 0.29) is 0 Å². The smallest absolute Gasteiger partial charge is 0.164 e. The lowest BCUT2D eigenvalue weighted by molar-refractivity contribution is 0.631. The third kappa shape index (κ3) is 2.41. The largest absolute Gasteiger partial charge is 0.454 e. The lowest BCUT2D eigenvalue weighted by Gasteiger charge is -1.96. The van der Waals surface area contributed by atoms with E-state index in [0.717, 1.165) is 37.5 Å². The Bertz CT molecular complexity index is 892. The molecule has 0 bridgehead atoms. The second kappa shape index (κ2) is 5.13. The van der Waals surface area contributed by atoms with Crippen molar-refractivity contribution < 1.29 is 4.42 Å². The summed E-state index contributed by atoms with van der Waals surface area (Å²) in [5.74, 6) is 0.822. The van der Waals surface area contributed by atoms with Gasteiger partial charge in [0.15, 0.2) is 10.8 Å². The second-order valence-electron chi connectivity index (χ2n) is 4.70. The van der Waals surface area contributed by atoms with Crippen LogP contribution >= 0.6 is 27.3 Å². The van der Waals surface area contributed by atoms with Gasteiger partial charge >= 0.3 is 0 Å². The topological polar surface area (TPSA) is 26.0 Å². The molecule has 2 aromatic heterocycles. The summed E-state index contributed by atoms with van der Waals surface area (Å²) in [6.07, 6.45) is 0. The van der Waals surface area contributed by atoms with Gasteiger partial charge in [0.05, 0.1) is 5.69 Å². The van der Waals surface area contributed by atoms with Crippen molar-refractivity contribution >= 4 is 38.2 Å². The number of halogens is 1. The fourth-order valence-electron chi connectivity index (χ4n) is 2.25. The Morgan fingerprint density at radius 3 is 2.76 bits per heavy atom. The summed E-state index contributed by atoms with van der Waals surface area (Å²) < 4.78 is 6.92. The molecule has 0 N–H and O–H groups in total. The predicted molar refractivity (Wildman–Crippen MR) is 90.5 cm³/mol. The molecule has 2 nitrogen and oxygen atoms in total. The number of para-hydroxylation sites is 1. The highest BCUT2D eigenvalue weighted by molar-refractivity contribution is 9.10. The number of furan rings is 1. The lowest BCUT2D eigenvalue weighted by atomic mass is 10.2. The van der Waals surface area contributed by atoms with Crippen LogP contribution in [0.4, 0.5) is 0 Å². The average Bonchev–Trinajstić information content (AvgIpc) is 3.14. The van der Waals surface area contributed by atoms with Crippen molar-refractivity contribution in [2.75, 3.05) is 0 Å². The average molecular weight is 356 g/mol. The molecule has 4 aromatic rings. The summed E-state index contributed by atoms with van der Waals surface area (Å²) in [5.41, 5.74) is 2.96. The van der Waals surface area contributed by atoms with Crippen LogP contribution < -0.4 is 0 Å². The Kier molecular flexibility index (Phi) is 3.13. The number of nitrogens with zero attached hydrogens (tertiary/aromatic N) is 1. The van der Waals surface area contributed by atoms with Crippen LogP contribution in [0.15, 0.2) is 68.9 Å². The highest BCUT2D eigenvalue weighted by atomic mass is 79.9. The molecule has 0 aliphatic rings. The molecule has 0 atom stereocenters. The normalized spacial score (nSPS) is 11.1. The zero-order valence-corrected chi connectivity index (χ0v) is 13.3. The first kappa shape index (κ1) is 12.8. The van der Waals surface area contributed by atoms with Gasteiger partial charge in [-0.1, -0.05) is 46.3 Å². The molecule has 0 spiro atoms. The van der Waals surface area contributed by atoms with Gasteiger partial charge in [-0.25, -0.2) is 4.98 Å². The monoisotopic (exact) mass is 355 g/mol. The van der Waals surface area contributed by atoms with Crippen molar-refractivity contribution in [1.82, 2.24) is 4.98 Å². The molecule has 102 valence electrons. The van der Waals surface area contributed by atoms with Gasteiger partial charge < -0.3 is 4.42 Å². The molecule has 2 aromatic carbocycles. The van der Waals surface area contributed by atoms with E-state index in [9.17, 15) is 0 Å². The minimum Gasteiger partial charge on any atom is -0.454 e. The molecule has 4 rings (SSSR count). The standard InChI is InChI=1S/C17H10BrNOS/c18-13-6-3-5-11(8-13)14-10-21-17(19-14)16-9-12-4-1-2-7-15(12)20-16/h1-10H. The van der Waals surface area contributed by atoms with E-state index in [4.69, 9.17) is 9.40 Å². The summed E-state index contributed by atoms with van der Waals surface area (Å²) in [4.78, 5) is 4.69. The van der Waals surface area contributed by atoms with E-state index in [1.165, 1.54) is 0 Å². The number of aromatic nitrogens is 1. The van der Waals surface area contributed by atoms with Gasteiger partial charge in [-0.15, -0.1) is 11.3 Å². The molecule has 21 heavy (non-hydrogen) atoms. The van der Waals surface area contributed by atoms with Gasteiger partial charge in [0, 0.05) is 20.8 Å². The van der Waals surface area contributed by atoms with Gasteiger partial charge in [0.25, 0.3) is 0 Å². The Balaban J connectivity index is 1.77. The Morgan fingerprint density at radius 1 is 1.00 bits per heavy atom. The van der Waals surface area contributed by atoms with Crippen molar-refractivity contribution in [3.05, 3.63) is 64.5 Å². The summed E-state index contributed by atoms with van der Waals surface area (Å²) in [5, 5.41) is 4.07. The van der Waals surface area contributed by atoms with Gasteiger partial charge in [-0.05, 0) is 24.3 Å². The quantitative estimate of drug-likeness (QED) is 0.441. The Hall–Kier alpha value is -1.91. The van der Waals surface area contributed by atoms with Crippen molar-refractivity contribution in [2.45, 2.75) is 0 Å². The van der Waals surface area contributed by atoms with Crippen LogP contribution in [-0.2, 0) is 0 Å². The first-order valence-electron chi connectivity index (χ1n) is 6.50. The maximum atomic E-state index is 5.87. The first-order chi connectivity index (χ1) is 10.3. The molecule has 4 heteroatoms. The number of fused-ring (bicyclic) bond motifs is 1. The number of benzene rings is 2. The molecule has 0 amide bonds. The number of hydrogen-bond donors (Lipinski definition) is 0. The third-order valence-corrected chi connectivity index (χ3v) is 4.61. The van der Waals surface area contributed by atoms with Gasteiger partial charge in [0.2, 0.25) is 0 Å². The minimum absolute atomic E-state index is 0.822. The summed E-state index contributed by atoms with van der Waals surface area (Å²) >= 11 is 5.09. The SMILES string of the molecule is Brc1cccc(-c2csc(-c3cc4ccccc4o3)n2)c1. The molecule has 0 saturated heterocycles. The summed E-state index contributed by atoms with van der Waals surface area (Å²) in [6.45, 7) is 0. The van der Waals surface area contributed by atoms with Crippen molar-refractivity contribution in [2.24, 2.45) is 0 Å². The highest BCUT2D eigenvalue weighted by Crippen LogP contribution is 2.33. The van der Waals surface area contributed by atoms with Crippen LogP contribution in [0, 0.1) is 0 Å². The van der Waals surface area contributed by atoms with E-state index < -0.39 is 0 Å². The molecule has 0 fully saturated rings. The van der Waals surface area contributed by atoms with Crippen molar-refractivity contribution in [3.63, 3.8) is 0 Å². The van der Waals surface area contributed by atoms with Gasteiger partial charge in [-0.2, -0.15) is 0 Å². The molecule has 2 heterocycles. The molecule has 0 saturated carbocycles. The van der Waals surface area contributed by atoms with Gasteiger partial charge in [0.1, 0.15) is 5.58 Å². The number of rotatable bonds is 2. The van der Waals surface area contributed by atoms with E-state index in [1.54, 1.807) is 11.3 Å². The molecule has 0 aliphatic heterocycles. The predicted octanol–water partition coefficient (Wildman–Crippen LogP) is 5.99.